The van der Waals surface area contributed by atoms with Gasteiger partial charge in [-0.25, -0.2) is 9.18 Å². The number of halogens is 1. The minimum absolute atomic E-state index is 0.0881. The number of amides is 1. The number of hydrogen-bond acceptors (Lipinski definition) is 4. The second-order valence-electron chi connectivity index (χ2n) is 8.26. The van der Waals surface area contributed by atoms with Crippen molar-refractivity contribution in [2.24, 2.45) is 0 Å². The van der Waals surface area contributed by atoms with Crippen molar-refractivity contribution in [2.45, 2.75) is 45.6 Å². The molecule has 0 saturated carbocycles. The first-order chi connectivity index (χ1) is 13.5. The van der Waals surface area contributed by atoms with Crippen molar-refractivity contribution in [1.29, 1.82) is 0 Å². The molecular formula is C22H25FN2O4. The lowest BCUT2D eigenvalue weighted by Gasteiger charge is -2.42. The summed E-state index contributed by atoms with van der Waals surface area (Å²) in [6.45, 7) is 9.21. The minimum Gasteiger partial charge on any atom is -0.507 e. The third kappa shape index (κ3) is 3.90. The number of carboxylic acids is 1. The predicted molar refractivity (Wildman–Crippen MR) is 110 cm³/mol. The lowest BCUT2D eigenvalue weighted by atomic mass is 9.76. The first-order valence-electron chi connectivity index (χ1n) is 9.49. The van der Waals surface area contributed by atoms with Crippen LogP contribution >= 0.6 is 0 Å². The quantitative estimate of drug-likeness (QED) is 0.709. The van der Waals surface area contributed by atoms with Crippen molar-refractivity contribution in [3.63, 3.8) is 0 Å². The summed E-state index contributed by atoms with van der Waals surface area (Å²) in [6, 6.07) is 6.89. The van der Waals surface area contributed by atoms with Crippen LogP contribution in [0.15, 0.2) is 30.3 Å². The molecule has 2 aromatic rings. The van der Waals surface area contributed by atoms with Crippen LogP contribution in [-0.2, 0) is 5.41 Å². The summed E-state index contributed by atoms with van der Waals surface area (Å²) >= 11 is 0. The fraction of sp³-hybridized carbons (Fsp3) is 0.364. The van der Waals surface area contributed by atoms with Crippen LogP contribution in [0.2, 0.25) is 0 Å². The van der Waals surface area contributed by atoms with Gasteiger partial charge >= 0.3 is 5.97 Å². The van der Waals surface area contributed by atoms with E-state index in [1.54, 1.807) is 12.1 Å². The maximum absolute atomic E-state index is 13.9. The zero-order chi connectivity index (χ0) is 21.5. The van der Waals surface area contributed by atoms with Crippen molar-refractivity contribution in [3.05, 3.63) is 52.8 Å². The van der Waals surface area contributed by atoms with E-state index in [1.165, 1.54) is 6.07 Å². The van der Waals surface area contributed by atoms with E-state index in [-0.39, 0.29) is 28.5 Å². The summed E-state index contributed by atoms with van der Waals surface area (Å²) in [4.78, 5) is 25.9. The molecule has 2 aromatic carbocycles. The normalized spacial score (nSPS) is 15.2. The fourth-order valence-electron chi connectivity index (χ4n) is 3.69. The van der Waals surface area contributed by atoms with Crippen LogP contribution < -0.4 is 10.2 Å². The highest BCUT2D eigenvalue weighted by atomic mass is 19.1. The number of aromatic hydroxyl groups is 1. The number of anilines is 2. The molecule has 1 heterocycles. The zero-order valence-corrected chi connectivity index (χ0v) is 16.9. The van der Waals surface area contributed by atoms with Gasteiger partial charge in [-0.05, 0) is 55.5 Å². The van der Waals surface area contributed by atoms with Gasteiger partial charge in [-0.15, -0.1) is 0 Å². The molecule has 0 bridgehead atoms. The molecule has 0 fully saturated rings. The number of fused-ring (bicyclic) bond motifs is 1. The summed E-state index contributed by atoms with van der Waals surface area (Å²) in [6.07, 6.45) is 0.909. The number of nitrogens with zero attached hydrogens (tertiary/aromatic N) is 1. The lowest BCUT2D eigenvalue weighted by molar-refractivity contribution is 0.0691. The van der Waals surface area contributed by atoms with E-state index in [2.05, 4.69) is 37.9 Å². The standard InChI is InChI=1S/C22H25FN2O4/c1-12(2)25-8-7-22(3,4)16-10-15(19(26)11-18(16)25)20(27)24-13-5-6-14(21(28)29)17(23)9-13/h5-6,9-12,26H,7-8H2,1-4H3,(H,24,27)(H,28,29). The van der Waals surface area contributed by atoms with Crippen LogP contribution in [0.25, 0.3) is 0 Å². The molecule has 0 atom stereocenters. The number of carbonyl (C=O) groups excluding carboxylic acids is 1. The van der Waals surface area contributed by atoms with Gasteiger partial charge in [0, 0.05) is 30.0 Å². The average Bonchev–Trinajstić information content (AvgIpc) is 2.60. The third-order valence-electron chi connectivity index (χ3n) is 5.46. The van der Waals surface area contributed by atoms with Gasteiger partial charge in [0.1, 0.15) is 11.6 Å². The number of phenols is 1. The van der Waals surface area contributed by atoms with Crippen molar-refractivity contribution in [2.75, 3.05) is 16.8 Å². The molecule has 6 nitrogen and oxygen atoms in total. The van der Waals surface area contributed by atoms with E-state index in [9.17, 15) is 19.1 Å². The number of benzene rings is 2. The maximum Gasteiger partial charge on any atom is 0.338 e. The van der Waals surface area contributed by atoms with Gasteiger partial charge in [0.15, 0.2) is 0 Å². The molecule has 1 aliphatic rings. The average molecular weight is 400 g/mol. The lowest BCUT2D eigenvalue weighted by Crippen LogP contribution is -2.41. The highest BCUT2D eigenvalue weighted by Crippen LogP contribution is 2.43. The van der Waals surface area contributed by atoms with Crippen molar-refractivity contribution >= 4 is 23.3 Å². The van der Waals surface area contributed by atoms with Crippen molar-refractivity contribution in [3.8, 4) is 5.75 Å². The minimum atomic E-state index is -1.38. The second-order valence-corrected chi connectivity index (χ2v) is 8.26. The topological polar surface area (TPSA) is 89.9 Å². The Morgan fingerprint density at radius 1 is 1.17 bits per heavy atom. The molecule has 3 rings (SSSR count). The summed E-state index contributed by atoms with van der Waals surface area (Å²) in [5.41, 5.74) is 1.42. The molecule has 0 radical (unpaired) electrons. The Hall–Kier alpha value is -3.09. The fourth-order valence-corrected chi connectivity index (χ4v) is 3.69. The molecule has 29 heavy (non-hydrogen) atoms. The molecule has 0 spiro atoms. The van der Waals surface area contributed by atoms with Gasteiger partial charge < -0.3 is 20.4 Å². The molecule has 0 aromatic heterocycles. The van der Waals surface area contributed by atoms with E-state index in [4.69, 9.17) is 5.11 Å². The monoisotopic (exact) mass is 400 g/mol. The van der Waals surface area contributed by atoms with E-state index in [0.29, 0.717) is 0 Å². The Labute approximate surface area is 169 Å². The molecule has 7 heteroatoms. The van der Waals surface area contributed by atoms with Crippen LogP contribution in [-0.4, -0.2) is 34.7 Å². The molecule has 1 aliphatic heterocycles. The molecule has 154 valence electrons. The van der Waals surface area contributed by atoms with Gasteiger partial charge in [0.25, 0.3) is 5.91 Å². The second kappa shape index (κ2) is 7.39. The van der Waals surface area contributed by atoms with Gasteiger partial charge in [0.2, 0.25) is 0 Å². The van der Waals surface area contributed by atoms with Crippen LogP contribution in [0.1, 0.15) is 60.4 Å². The highest BCUT2D eigenvalue weighted by molar-refractivity contribution is 6.07. The SMILES string of the molecule is CC(C)N1CCC(C)(C)c2cc(C(=O)Nc3ccc(C(=O)O)c(F)c3)c(O)cc21. The van der Waals surface area contributed by atoms with Crippen LogP contribution in [0.3, 0.4) is 0 Å². The van der Waals surface area contributed by atoms with Gasteiger partial charge in [-0.2, -0.15) is 0 Å². The Morgan fingerprint density at radius 3 is 2.45 bits per heavy atom. The Balaban J connectivity index is 1.96. The predicted octanol–water partition coefficient (Wildman–Crippen LogP) is 4.38. The largest absolute Gasteiger partial charge is 0.507 e. The Bertz CT molecular complexity index is 985. The van der Waals surface area contributed by atoms with E-state index < -0.39 is 23.3 Å². The molecule has 0 aliphatic carbocycles. The van der Waals surface area contributed by atoms with Crippen molar-refractivity contribution < 1.29 is 24.2 Å². The van der Waals surface area contributed by atoms with Gasteiger partial charge in [-0.3, -0.25) is 4.79 Å². The van der Waals surface area contributed by atoms with Crippen LogP contribution in [0, 0.1) is 5.82 Å². The summed E-state index contributed by atoms with van der Waals surface area (Å²) < 4.78 is 13.9. The molecular weight excluding hydrogens is 375 g/mol. The number of hydrogen-bond donors (Lipinski definition) is 3. The van der Waals surface area contributed by atoms with Gasteiger partial charge in [0.05, 0.1) is 11.1 Å². The number of aromatic carboxylic acids is 1. The summed E-state index contributed by atoms with van der Waals surface area (Å²) in [5.74, 6) is -3.08. The van der Waals surface area contributed by atoms with Crippen LogP contribution in [0.5, 0.6) is 5.75 Å². The van der Waals surface area contributed by atoms with E-state index in [0.717, 1.165) is 36.3 Å². The number of nitrogens with one attached hydrogen (secondary N) is 1. The van der Waals surface area contributed by atoms with E-state index in [1.807, 2.05) is 0 Å². The van der Waals surface area contributed by atoms with Crippen molar-refractivity contribution in [1.82, 2.24) is 0 Å². The summed E-state index contributed by atoms with van der Waals surface area (Å²) in [7, 11) is 0. The zero-order valence-electron chi connectivity index (χ0n) is 16.9. The number of carboxylic acid groups (broad SMARTS) is 1. The molecule has 1 amide bonds. The Kier molecular flexibility index (Phi) is 5.26. The third-order valence-corrected chi connectivity index (χ3v) is 5.46. The number of rotatable bonds is 4. The Morgan fingerprint density at radius 2 is 1.86 bits per heavy atom. The van der Waals surface area contributed by atoms with E-state index >= 15 is 0 Å². The molecule has 3 N–H and O–H groups in total. The number of carbonyl (C=O) groups is 2. The molecule has 0 saturated heterocycles. The summed E-state index contributed by atoms with van der Waals surface area (Å²) in [5, 5.41) is 22.0. The highest BCUT2D eigenvalue weighted by Gasteiger charge is 2.34. The number of phenolic OH excluding ortho intramolecular Hbond substituents is 1. The first-order valence-corrected chi connectivity index (χ1v) is 9.49. The maximum atomic E-state index is 13.9. The van der Waals surface area contributed by atoms with Gasteiger partial charge in [-0.1, -0.05) is 13.8 Å². The molecule has 0 unspecified atom stereocenters. The van der Waals surface area contributed by atoms with Crippen LogP contribution in [0.4, 0.5) is 15.8 Å². The first kappa shape index (κ1) is 20.6. The smallest absolute Gasteiger partial charge is 0.338 e.